The normalized spacial score (nSPS) is 17.0. The molecule has 1 N–H and O–H groups in total. The fourth-order valence-electron chi connectivity index (χ4n) is 3.63. The van der Waals surface area contributed by atoms with Crippen LogP contribution in [0.25, 0.3) is 0 Å². The van der Waals surface area contributed by atoms with Gasteiger partial charge in [-0.05, 0) is 62.4 Å². The van der Waals surface area contributed by atoms with Gasteiger partial charge in [0, 0.05) is 18.4 Å². The molecule has 0 amide bonds. The third-order valence-electron chi connectivity index (χ3n) is 5.16. The summed E-state index contributed by atoms with van der Waals surface area (Å²) in [4.78, 5) is 0. The molecular formula is C22H31N2+. The van der Waals surface area contributed by atoms with Crippen molar-refractivity contribution < 1.29 is 4.58 Å². The predicted molar refractivity (Wildman–Crippen MR) is 103 cm³/mol. The van der Waals surface area contributed by atoms with E-state index in [2.05, 4.69) is 59.4 Å². The minimum Gasteiger partial charge on any atom is -0.316 e. The zero-order chi connectivity index (χ0) is 16.6. The second-order valence-corrected chi connectivity index (χ2v) is 7.01. The number of nitrogens with one attached hydrogen (secondary N) is 1. The van der Waals surface area contributed by atoms with Gasteiger partial charge in [0.2, 0.25) is 0 Å². The van der Waals surface area contributed by atoms with Crippen LogP contribution >= 0.6 is 0 Å². The van der Waals surface area contributed by atoms with Gasteiger partial charge in [0.1, 0.15) is 13.1 Å². The van der Waals surface area contributed by atoms with Gasteiger partial charge in [-0.2, -0.15) is 0 Å². The third-order valence-corrected chi connectivity index (χ3v) is 5.16. The first kappa shape index (κ1) is 17.2. The van der Waals surface area contributed by atoms with Gasteiger partial charge in [0.05, 0.1) is 0 Å². The van der Waals surface area contributed by atoms with Gasteiger partial charge in [-0.25, -0.2) is 4.58 Å². The Bertz CT molecular complexity index is 637. The highest BCUT2D eigenvalue weighted by molar-refractivity contribution is 5.82. The molecule has 3 rings (SSSR count). The number of fused-ring (bicyclic) bond motifs is 1. The van der Waals surface area contributed by atoms with Gasteiger partial charge in [-0.3, -0.25) is 0 Å². The number of nitrogens with zero attached hydrogens (tertiary/aromatic N) is 1. The van der Waals surface area contributed by atoms with E-state index in [1.165, 1.54) is 61.9 Å². The number of rotatable bonds is 8. The van der Waals surface area contributed by atoms with Crippen molar-refractivity contribution >= 4 is 6.21 Å². The van der Waals surface area contributed by atoms with E-state index in [4.69, 9.17) is 0 Å². The van der Waals surface area contributed by atoms with Crippen LogP contribution in [0.2, 0.25) is 0 Å². The lowest BCUT2D eigenvalue weighted by Crippen LogP contribution is -2.25. The Morgan fingerprint density at radius 2 is 1.92 bits per heavy atom. The fraction of sp³-hybridized carbons (Fsp3) is 0.500. The standard InChI is InChI=1S/C22H31N2/c1-19-8-2-3-9-20(19)12-15-23-14-6-7-16-24-17-13-21-10-4-5-11-22(21)18-24/h2-3,8-11,18,23H,4-7,12-17H2,1H3/q+1. The molecule has 1 aliphatic heterocycles. The molecule has 0 atom stereocenters. The van der Waals surface area contributed by atoms with Crippen LogP contribution in [0.1, 0.15) is 43.2 Å². The summed E-state index contributed by atoms with van der Waals surface area (Å²) in [6, 6.07) is 8.70. The first-order chi connectivity index (χ1) is 11.8. The Morgan fingerprint density at radius 3 is 2.83 bits per heavy atom. The number of benzene rings is 1. The molecule has 0 unspecified atom stereocenters. The quantitative estimate of drug-likeness (QED) is 0.563. The lowest BCUT2D eigenvalue weighted by Gasteiger charge is -2.17. The molecule has 1 aliphatic carbocycles. The maximum absolute atomic E-state index is 3.59. The summed E-state index contributed by atoms with van der Waals surface area (Å²) in [5.41, 5.74) is 5.95. The predicted octanol–water partition coefficient (Wildman–Crippen LogP) is 4.04. The third kappa shape index (κ3) is 4.91. The van der Waals surface area contributed by atoms with E-state index in [1.807, 2.05) is 0 Å². The van der Waals surface area contributed by atoms with E-state index in [-0.39, 0.29) is 0 Å². The molecule has 1 heterocycles. The van der Waals surface area contributed by atoms with Crippen molar-refractivity contribution in [3.05, 3.63) is 58.7 Å². The Hall–Kier alpha value is -1.67. The Balaban J connectivity index is 1.29. The lowest BCUT2D eigenvalue weighted by molar-refractivity contribution is -0.524. The van der Waals surface area contributed by atoms with Crippen LogP contribution < -0.4 is 5.32 Å². The maximum atomic E-state index is 3.59. The van der Waals surface area contributed by atoms with E-state index in [1.54, 1.807) is 5.57 Å². The summed E-state index contributed by atoms with van der Waals surface area (Å²) < 4.78 is 2.52. The molecule has 1 aromatic carbocycles. The fourth-order valence-corrected chi connectivity index (χ4v) is 3.63. The first-order valence-electron chi connectivity index (χ1n) is 9.56. The minimum atomic E-state index is 1.09. The molecular weight excluding hydrogens is 292 g/mol. The molecule has 0 fully saturated rings. The average Bonchev–Trinajstić information content (AvgIpc) is 2.62. The van der Waals surface area contributed by atoms with Crippen LogP contribution in [0.15, 0.2) is 47.6 Å². The molecule has 0 radical (unpaired) electrons. The van der Waals surface area contributed by atoms with Crippen LogP contribution in [0.3, 0.4) is 0 Å². The molecule has 2 heteroatoms. The van der Waals surface area contributed by atoms with Crippen molar-refractivity contribution in [2.45, 2.75) is 45.4 Å². The molecule has 2 nitrogen and oxygen atoms in total. The Morgan fingerprint density at radius 1 is 1.04 bits per heavy atom. The second-order valence-electron chi connectivity index (χ2n) is 7.01. The topological polar surface area (TPSA) is 15.0 Å². The minimum absolute atomic E-state index is 1.09. The molecule has 0 aromatic heterocycles. The smallest absolute Gasteiger partial charge is 0.170 e. The Kier molecular flexibility index (Phi) is 6.42. The van der Waals surface area contributed by atoms with E-state index < -0.39 is 0 Å². The van der Waals surface area contributed by atoms with Gasteiger partial charge in [-0.1, -0.05) is 36.4 Å². The highest BCUT2D eigenvalue weighted by atomic mass is 15.0. The van der Waals surface area contributed by atoms with E-state index in [0.717, 1.165) is 19.5 Å². The number of allylic oxidation sites excluding steroid dienone is 3. The molecule has 128 valence electrons. The highest BCUT2D eigenvalue weighted by Crippen LogP contribution is 2.22. The number of hydrogen-bond donors (Lipinski definition) is 1. The second kappa shape index (κ2) is 8.98. The monoisotopic (exact) mass is 323 g/mol. The summed E-state index contributed by atoms with van der Waals surface area (Å²) in [7, 11) is 0. The lowest BCUT2D eigenvalue weighted by atomic mass is 9.94. The SMILES string of the molecule is Cc1ccccc1CCNCCCC[N+]1=CC2=CCCC=C2CC1. The maximum Gasteiger partial charge on any atom is 0.170 e. The zero-order valence-corrected chi connectivity index (χ0v) is 15.1. The highest BCUT2D eigenvalue weighted by Gasteiger charge is 2.18. The number of aryl methyl sites for hydroxylation is 1. The largest absolute Gasteiger partial charge is 0.316 e. The van der Waals surface area contributed by atoms with Crippen LogP contribution in [-0.4, -0.2) is 37.0 Å². The number of unbranched alkanes of at least 4 members (excludes halogenated alkanes) is 1. The summed E-state index contributed by atoms with van der Waals surface area (Å²) >= 11 is 0. The molecule has 24 heavy (non-hydrogen) atoms. The number of hydrogen-bond acceptors (Lipinski definition) is 1. The van der Waals surface area contributed by atoms with E-state index in [9.17, 15) is 0 Å². The summed E-state index contributed by atoms with van der Waals surface area (Å²) in [6.45, 7) is 6.82. The van der Waals surface area contributed by atoms with E-state index in [0.29, 0.717) is 0 Å². The summed E-state index contributed by atoms with van der Waals surface area (Å²) in [6.07, 6.45) is 14.6. The van der Waals surface area contributed by atoms with Gasteiger partial charge >= 0.3 is 0 Å². The first-order valence-corrected chi connectivity index (χ1v) is 9.56. The molecule has 0 saturated carbocycles. The van der Waals surface area contributed by atoms with Crippen LogP contribution in [0, 0.1) is 6.92 Å². The summed E-state index contributed by atoms with van der Waals surface area (Å²) in [5, 5.41) is 3.59. The average molecular weight is 324 g/mol. The molecule has 0 spiro atoms. The van der Waals surface area contributed by atoms with Crippen LogP contribution in [0.4, 0.5) is 0 Å². The van der Waals surface area contributed by atoms with Crippen molar-refractivity contribution in [2.24, 2.45) is 0 Å². The zero-order valence-electron chi connectivity index (χ0n) is 15.1. The summed E-state index contributed by atoms with van der Waals surface area (Å²) in [5.74, 6) is 0. The van der Waals surface area contributed by atoms with Crippen molar-refractivity contribution in [1.82, 2.24) is 5.32 Å². The van der Waals surface area contributed by atoms with Crippen molar-refractivity contribution in [3.63, 3.8) is 0 Å². The van der Waals surface area contributed by atoms with Gasteiger partial charge in [-0.15, -0.1) is 0 Å². The van der Waals surface area contributed by atoms with Crippen LogP contribution in [0.5, 0.6) is 0 Å². The van der Waals surface area contributed by atoms with Gasteiger partial charge in [0.15, 0.2) is 6.21 Å². The van der Waals surface area contributed by atoms with Crippen molar-refractivity contribution in [2.75, 3.05) is 26.2 Å². The van der Waals surface area contributed by atoms with Gasteiger partial charge in [0.25, 0.3) is 0 Å². The van der Waals surface area contributed by atoms with Crippen molar-refractivity contribution in [3.8, 4) is 0 Å². The molecule has 2 aliphatic rings. The Labute approximate surface area is 147 Å². The van der Waals surface area contributed by atoms with Gasteiger partial charge < -0.3 is 5.32 Å². The molecule has 0 saturated heterocycles. The van der Waals surface area contributed by atoms with Crippen molar-refractivity contribution in [1.29, 1.82) is 0 Å². The molecule has 0 bridgehead atoms. The van der Waals surface area contributed by atoms with Crippen LogP contribution in [-0.2, 0) is 6.42 Å². The van der Waals surface area contributed by atoms with E-state index >= 15 is 0 Å². The molecule has 1 aromatic rings.